The zero-order valence-electron chi connectivity index (χ0n) is 5.39. The van der Waals surface area contributed by atoms with Crippen molar-refractivity contribution in [1.29, 1.82) is 0 Å². The summed E-state index contributed by atoms with van der Waals surface area (Å²) in [5, 5.41) is 0. The molecule has 0 fully saturated rings. The molecular formula is C6H3BF3N. The van der Waals surface area contributed by atoms with E-state index in [1.165, 1.54) is 0 Å². The van der Waals surface area contributed by atoms with Gasteiger partial charge >= 0.3 is 6.18 Å². The Morgan fingerprint density at radius 2 is 2.00 bits per heavy atom. The summed E-state index contributed by atoms with van der Waals surface area (Å²) in [6.07, 6.45) is -3.31. The van der Waals surface area contributed by atoms with Crippen LogP contribution in [0, 0.1) is 0 Å². The first-order chi connectivity index (χ1) is 5.00. The number of pyridine rings is 1. The molecule has 0 aromatic carbocycles. The molecule has 1 heterocycles. The van der Waals surface area contributed by atoms with Crippen molar-refractivity contribution in [3.05, 3.63) is 23.9 Å². The molecule has 0 N–H and O–H groups in total. The summed E-state index contributed by atoms with van der Waals surface area (Å²) >= 11 is 0. The molecule has 1 rings (SSSR count). The standard InChI is InChI=1S/C6H3BF3N/c7-5-3-4(1-2-11-5)6(8,9)10/h1-3H. The number of hydrogen-bond acceptors (Lipinski definition) is 1. The topological polar surface area (TPSA) is 12.9 Å². The summed E-state index contributed by atoms with van der Waals surface area (Å²) in [5.74, 6) is 0. The molecule has 0 aliphatic heterocycles. The van der Waals surface area contributed by atoms with E-state index in [1.54, 1.807) is 0 Å². The van der Waals surface area contributed by atoms with Gasteiger partial charge in [-0.1, -0.05) is 0 Å². The molecule has 0 unspecified atom stereocenters. The molecule has 56 valence electrons. The Hall–Kier alpha value is -0.995. The third-order valence-corrected chi connectivity index (χ3v) is 1.11. The highest BCUT2D eigenvalue weighted by atomic mass is 19.4. The number of aromatic nitrogens is 1. The van der Waals surface area contributed by atoms with E-state index in [1.807, 2.05) is 0 Å². The van der Waals surface area contributed by atoms with Gasteiger partial charge in [-0.15, -0.1) is 0 Å². The summed E-state index contributed by atoms with van der Waals surface area (Å²) in [6.45, 7) is 0. The van der Waals surface area contributed by atoms with Crippen LogP contribution in [0.4, 0.5) is 13.2 Å². The Balaban J connectivity index is 3.06. The Morgan fingerprint density at radius 1 is 1.36 bits per heavy atom. The molecule has 0 aliphatic rings. The van der Waals surface area contributed by atoms with E-state index in [2.05, 4.69) is 4.98 Å². The second kappa shape index (κ2) is 2.56. The van der Waals surface area contributed by atoms with Crippen LogP contribution in [0.1, 0.15) is 5.56 Å². The van der Waals surface area contributed by atoms with Crippen LogP contribution in [0.25, 0.3) is 0 Å². The average Bonchev–Trinajstić information content (AvgIpc) is 1.86. The minimum atomic E-state index is -4.34. The number of hydrogen-bond donors (Lipinski definition) is 0. The third kappa shape index (κ3) is 1.96. The van der Waals surface area contributed by atoms with Gasteiger partial charge in [-0.2, -0.15) is 13.2 Å². The minimum Gasteiger partial charge on any atom is -0.273 e. The van der Waals surface area contributed by atoms with Gasteiger partial charge in [0, 0.05) is 6.20 Å². The SMILES string of the molecule is [B]c1cc(C(F)(F)F)ccn1. The summed E-state index contributed by atoms with van der Waals surface area (Å²) in [4.78, 5) is 3.43. The maximum absolute atomic E-state index is 11.9. The monoisotopic (exact) mass is 157 g/mol. The maximum Gasteiger partial charge on any atom is 0.416 e. The Bertz CT molecular complexity index is 258. The fourth-order valence-electron chi connectivity index (χ4n) is 0.625. The normalized spacial score (nSPS) is 11.5. The van der Waals surface area contributed by atoms with E-state index < -0.39 is 11.7 Å². The third-order valence-electron chi connectivity index (χ3n) is 1.11. The van der Waals surface area contributed by atoms with Crippen LogP contribution in [0.3, 0.4) is 0 Å². The van der Waals surface area contributed by atoms with Crippen LogP contribution in [0.15, 0.2) is 18.3 Å². The first kappa shape index (κ1) is 8.10. The fourth-order valence-corrected chi connectivity index (χ4v) is 0.625. The number of alkyl halides is 3. The summed E-state index contributed by atoms with van der Waals surface area (Å²) in [5.41, 5.74) is -0.898. The molecule has 0 atom stereocenters. The van der Waals surface area contributed by atoms with Gasteiger partial charge in [0.2, 0.25) is 0 Å². The van der Waals surface area contributed by atoms with E-state index in [4.69, 9.17) is 7.85 Å². The molecule has 1 aromatic rings. The van der Waals surface area contributed by atoms with Gasteiger partial charge in [0.15, 0.2) is 0 Å². The van der Waals surface area contributed by atoms with Gasteiger partial charge in [-0.3, -0.25) is 4.98 Å². The summed E-state index contributed by atoms with van der Waals surface area (Å²) in [6, 6.07) is 1.66. The molecule has 1 aromatic heterocycles. The van der Waals surface area contributed by atoms with Crippen molar-refractivity contribution < 1.29 is 13.2 Å². The molecular weight excluding hydrogens is 154 g/mol. The molecule has 11 heavy (non-hydrogen) atoms. The van der Waals surface area contributed by atoms with Gasteiger partial charge in [-0.05, 0) is 17.7 Å². The Morgan fingerprint density at radius 3 is 2.36 bits per heavy atom. The number of rotatable bonds is 0. The van der Waals surface area contributed by atoms with Crippen molar-refractivity contribution in [2.24, 2.45) is 0 Å². The first-order valence-electron chi connectivity index (χ1n) is 2.79. The quantitative estimate of drug-likeness (QED) is 0.509. The minimum absolute atomic E-state index is 0.125. The molecule has 0 amide bonds. The zero-order valence-corrected chi connectivity index (χ0v) is 5.39. The van der Waals surface area contributed by atoms with Crippen LogP contribution in [-0.2, 0) is 6.18 Å². The van der Waals surface area contributed by atoms with Crippen molar-refractivity contribution in [2.45, 2.75) is 6.18 Å². The lowest BCUT2D eigenvalue weighted by atomic mass is 10.0. The average molecular weight is 157 g/mol. The van der Waals surface area contributed by atoms with E-state index in [0.29, 0.717) is 0 Å². The second-order valence-corrected chi connectivity index (χ2v) is 1.97. The van der Waals surface area contributed by atoms with Crippen LogP contribution >= 0.6 is 0 Å². The van der Waals surface area contributed by atoms with Crippen molar-refractivity contribution in [1.82, 2.24) is 4.98 Å². The first-order valence-corrected chi connectivity index (χ1v) is 2.79. The molecule has 0 aliphatic carbocycles. The van der Waals surface area contributed by atoms with Crippen LogP contribution in [0.5, 0.6) is 0 Å². The van der Waals surface area contributed by atoms with E-state index in [9.17, 15) is 13.2 Å². The highest BCUT2D eigenvalue weighted by molar-refractivity contribution is 6.30. The zero-order chi connectivity index (χ0) is 8.48. The highest BCUT2D eigenvalue weighted by Gasteiger charge is 2.30. The Labute approximate surface area is 62.7 Å². The molecule has 5 heteroatoms. The van der Waals surface area contributed by atoms with Crippen molar-refractivity contribution >= 4 is 13.4 Å². The van der Waals surface area contributed by atoms with Gasteiger partial charge in [0.25, 0.3) is 0 Å². The molecule has 0 saturated carbocycles. The van der Waals surface area contributed by atoms with Crippen molar-refractivity contribution in [2.75, 3.05) is 0 Å². The number of halogens is 3. The molecule has 0 bridgehead atoms. The van der Waals surface area contributed by atoms with E-state index >= 15 is 0 Å². The predicted molar refractivity (Wildman–Crippen MR) is 34.6 cm³/mol. The molecule has 0 spiro atoms. The van der Waals surface area contributed by atoms with Gasteiger partial charge in [0.05, 0.1) is 5.56 Å². The second-order valence-electron chi connectivity index (χ2n) is 1.97. The van der Waals surface area contributed by atoms with Crippen molar-refractivity contribution in [3.8, 4) is 0 Å². The van der Waals surface area contributed by atoms with E-state index in [0.717, 1.165) is 18.3 Å². The van der Waals surface area contributed by atoms with Crippen molar-refractivity contribution in [3.63, 3.8) is 0 Å². The van der Waals surface area contributed by atoms with Gasteiger partial charge < -0.3 is 0 Å². The highest BCUT2D eigenvalue weighted by Crippen LogP contribution is 2.27. The van der Waals surface area contributed by atoms with Crippen LogP contribution < -0.4 is 5.59 Å². The molecule has 1 nitrogen and oxygen atoms in total. The fraction of sp³-hybridized carbons (Fsp3) is 0.167. The van der Waals surface area contributed by atoms with Crippen LogP contribution in [0.2, 0.25) is 0 Å². The van der Waals surface area contributed by atoms with Gasteiger partial charge in [-0.25, -0.2) is 0 Å². The molecule has 0 saturated heterocycles. The Kier molecular flexibility index (Phi) is 1.89. The lowest BCUT2D eigenvalue weighted by Crippen LogP contribution is -2.13. The summed E-state index contributed by atoms with van der Waals surface area (Å²) < 4.78 is 35.7. The molecule has 2 radical (unpaired) electrons. The maximum atomic E-state index is 11.9. The van der Waals surface area contributed by atoms with Crippen LogP contribution in [-0.4, -0.2) is 12.8 Å². The van der Waals surface area contributed by atoms with Gasteiger partial charge in [0.1, 0.15) is 7.85 Å². The summed E-state index contributed by atoms with van der Waals surface area (Å²) in [7, 11) is 5.04. The lowest BCUT2D eigenvalue weighted by molar-refractivity contribution is -0.137. The largest absolute Gasteiger partial charge is 0.416 e. The van der Waals surface area contributed by atoms with E-state index in [-0.39, 0.29) is 5.59 Å². The predicted octanol–water partition coefficient (Wildman–Crippen LogP) is 0.894. The number of nitrogens with zero attached hydrogens (tertiary/aromatic N) is 1. The smallest absolute Gasteiger partial charge is 0.273 e. The lowest BCUT2D eigenvalue weighted by Gasteiger charge is -2.05.